The summed E-state index contributed by atoms with van der Waals surface area (Å²) in [5.41, 5.74) is 0.542. The summed E-state index contributed by atoms with van der Waals surface area (Å²) in [6, 6.07) is 12.4. The predicted molar refractivity (Wildman–Crippen MR) is 116 cm³/mol. The van der Waals surface area contributed by atoms with Gasteiger partial charge in [0, 0.05) is 50.9 Å². The van der Waals surface area contributed by atoms with Gasteiger partial charge < -0.3 is 29.2 Å². The number of methoxy groups -OCH3 is 1. The maximum atomic E-state index is 12.4. The minimum Gasteiger partial charge on any atom is -0.497 e. The third-order valence-electron chi connectivity index (χ3n) is 5.48. The van der Waals surface area contributed by atoms with Crippen LogP contribution < -0.4 is 24.3 Å². The zero-order valence-electron chi connectivity index (χ0n) is 18.0. The van der Waals surface area contributed by atoms with E-state index in [-0.39, 0.29) is 25.2 Å². The SMILES string of the molecule is COc1cccc(OCC(=O)N2CCN(CCNC(=O)c3ccc4c(c3)OCO4)CC2)c1. The van der Waals surface area contributed by atoms with Crippen molar-refractivity contribution in [2.24, 2.45) is 0 Å². The zero-order chi connectivity index (χ0) is 22.3. The number of ether oxygens (including phenoxy) is 4. The van der Waals surface area contributed by atoms with Gasteiger partial charge in [0.2, 0.25) is 6.79 Å². The van der Waals surface area contributed by atoms with Crippen LogP contribution in [0.2, 0.25) is 0 Å². The number of fused-ring (bicyclic) bond motifs is 1. The van der Waals surface area contributed by atoms with E-state index in [0.717, 1.165) is 19.6 Å². The van der Waals surface area contributed by atoms with Gasteiger partial charge >= 0.3 is 0 Å². The van der Waals surface area contributed by atoms with E-state index in [4.69, 9.17) is 18.9 Å². The molecule has 1 N–H and O–H groups in total. The smallest absolute Gasteiger partial charge is 0.260 e. The van der Waals surface area contributed by atoms with Gasteiger partial charge in [-0.3, -0.25) is 14.5 Å². The van der Waals surface area contributed by atoms with E-state index in [1.54, 1.807) is 37.4 Å². The number of carbonyl (C=O) groups excluding carboxylic acids is 2. The Bertz CT molecular complexity index is 958. The molecule has 2 aromatic rings. The van der Waals surface area contributed by atoms with Crippen molar-refractivity contribution in [2.75, 3.05) is 59.8 Å². The average Bonchev–Trinajstić information content (AvgIpc) is 3.31. The number of nitrogens with one attached hydrogen (secondary N) is 1. The lowest BCUT2D eigenvalue weighted by Gasteiger charge is -2.34. The molecule has 0 aromatic heterocycles. The number of rotatable bonds is 8. The number of amides is 2. The molecular formula is C23H27N3O6. The van der Waals surface area contributed by atoms with Crippen molar-refractivity contribution in [3.63, 3.8) is 0 Å². The van der Waals surface area contributed by atoms with Crippen LogP contribution in [0.1, 0.15) is 10.4 Å². The van der Waals surface area contributed by atoms with Gasteiger partial charge in [-0.05, 0) is 30.3 Å². The fourth-order valence-corrected chi connectivity index (χ4v) is 3.62. The Kier molecular flexibility index (Phi) is 6.96. The molecule has 2 heterocycles. The molecule has 0 aliphatic carbocycles. The highest BCUT2D eigenvalue weighted by Gasteiger charge is 2.22. The van der Waals surface area contributed by atoms with Gasteiger partial charge in [-0.15, -0.1) is 0 Å². The van der Waals surface area contributed by atoms with Gasteiger partial charge in [0.1, 0.15) is 11.5 Å². The van der Waals surface area contributed by atoms with Gasteiger partial charge in [0.15, 0.2) is 18.1 Å². The Labute approximate surface area is 186 Å². The van der Waals surface area contributed by atoms with Gasteiger partial charge in [-0.1, -0.05) is 6.07 Å². The summed E-state index contributed by atoms with van der Waals surface area (Å²) in [4.78, 5) is 28.8. The van der Waals surface area contributed by atoms with Crippen LogP contribution in [0.25, 0.3) is 0 Å². The fraction of sp³-hybridized carbons (Fsp3) is 0.391. The fourth-order valence-electron chi connectivity index (χ4n) is 3.62. The molecule has 2 aliphatic rings. The highest BCUT2D eigenvalue weighted by Crippen LogP contribution is 2.32. The van der Waals surface area contributed by atoms with Crippen molar-refractivity contribution in [2.45, 2.75) is 0 Å². The number of piperazine rings is 1. The molecule has 2 aromatic carbocycles. The van der Waals surface area contributed by atoms with Crippen molar-refractivity contribution in [1.29, 1.82) is 0 Å². The third kappa shape index (κ3) is 5.42. The first kappa shape index (κ1) is 21.8. The quantitative estimate of drug-likeness (QED) is 0.662. The molecular weight excluding hydrogens is 414 g/mol. The summed E-state index contributed by atoms with van der Waals surface area (Å²) in [6.07, 6.45) is 0. The number of hydrogen-bond donors (Lipinski definition) is 1. The summed E-state index contributed by atoms with van der Waals surface area (Å²) in [7, 11) is 1.59. The molecule has 9 nitrogen and oxygen atoms in total. The van der Waals surface area contributed by atoms with Gasteiger partial charge in [0.25, 0.3) is 11.8 Å². The first-order valence-corrected chi connectivity index (χ1v) is 10.6. The Morgan fingerprint density at radius 2 is 1.78 bits per heavy atom. The highest BCUT2D eigenvalue weighted by molar-refractivity contribution is 5.94. The highest BCUT2D eigenvalue weighted by atomic mass is 16.7. The topological polar surface area (TPSA) is 89.6 Å². The second-order valence-electron chi connectivity index (χ2n) is 7.51. The molecule has 32 heavy (non-hydrogen) atoms. The summed E-state index contributed by atoms with van der Waals surface area (Å²) in [5.74, 6) is 2.36. The van der Waals surface area contributed by atoms with Gasteiger partial charge in [-0.25, -0.2) is 0 Å². The van der Waals surface area contributed by atoms with Crippen LogP contribution in [-0.2, 0) is 4.79 Å². The second-order valence-corrected chi connectivity index (χ2v) is 7.51. The Hall–Kier alpha value is -3.46. The lowest BCUT2D eigenvalue weighted by Crippen LogP contribution is -2.51. The minimum atomic E-state index is -0.146. The summed E-state index contributed by atoms with van der Waals surface area (Å²) < 4.78 is 21.3. The van der Waals surface area contributed by atoms with E-state index in [2.05, 4.69) is 10.2 Å². The maximum Gasteiger partial charge on any atom is 0.260 e. The maximum absolute atomic E-state index is 12.4. The molecule has 1 saturated heterocycles. The third-order valence-corrected chi connectivity index (χ3v) is 5.48. The van der Waals surface area contributed by atoms with Crippen LogP contribution in [0.15, 0.2) is 42.5 Å². The van der Waals surface area contributed by atoms with Gasteiger partial charge in [-0.2, -0.15) is 0 Å². The first-order chi connectivity index (χ1) is 15.6. The summed E-state index contributed by atoms with van der Waals surface area (Å²) >= 11 is 0. The second kappa shape index (κ2) is 10.2. The predicted octanol–water partition coefficient (Wildman–Crippen LogP) is 1.38. The first-order valence-electron chi connectivity index (χ1n) is 10.6. The van der Waals surface area contributed by atoms with E-state index in [9.17, 15) is 9.59 Å². The molecule has 0 saturated carbocycles. The van der Waals surface area contributed by atoms with Crippen LogP contribution in [0.4, 0.5) is 0 Å². The molecule has 0 spiro atoms. The average molecular weight is 441 g/mol. The molecule has 0 unspecified atom stereocenters. The number of nitrogens with zero attached hydrogens (tertiary/aromatic N) is 2. The Morgan fingerprint density at radius 3 is 2.59 bits per heavy atom. The molecule has 170 valence electrons. The Morgan fingerprint density at radius 1 is 1.00 bits per heavy atom. The minimum absolute atomic E-state index is 0.00123. The van der Waals surface area contributed by atoms with E-state index in [0.29, 0.717) is 48.2 Å². The van der Waals surface area contributed by atoms with Crippen LogP contribution in [0, 0.1) is 0 Å². The number of carbonyl (C=O) groups is 2. The van der Waals surface area contributed by atoms with E-state index < -0.39 is 0 Å². The summed E-state index contributed by atoms with van der Waals surface area (Å²) in [6.45, 7) is 4.21. The number of hydrogen-bond acceptors (Lipinski definition) is 7. The van der Waals surface area contributed by atoms with Crippen LogP contribution in [-0.4, -0.2) is 81.4 Å². The van der Waals surface area contributed by atoms with Crippen LogP contribution in [0.5, 0.6) is 23.0 Å². The molecule has 1 fully saturated rings. The zero-order valence-corrected chi connectivity index (χ0v) is 18.0. The van der Waals surface area contributed by atoms with Crippen molar-refractivity contribution in [3.8, 4) is 23.0 Å². The molecule has 2 aliphatic heterocycles. The van der Waals surface area contributed by atoms with E-state index >= 15 is 0 Å². The molecule has 0 radical (unpaired) electrons. The lowest BCUT2D eigenvalue weighted by atomic mass is 10.2. The summed E-state index contributed by atoms with van der Waals surface area (Å²) in [5, 5.41) is 2.93. The molecule has 2 amide bonds. The number of benzene rings is 2. The van der Waals surface area contributed by atoms with E-state index in [1.165, 1.54) is 0 Å². The molecule has 4 rings (SSSR count). The van der Waals surface area contributed by atoms with Crippen molar-refractivity contribution in [3.05, 3.63) is 48.0 Å². The van der Waals surface area contributed by atoms with E-state index in [1.807, 2.05) is 17.0 Å². The van der Waals surface area contributed by atoms with Gasteiger partial charge in [0.05, 0.1) is 7.11 Å². The lowest BCUT2D eigenvalue weighted by molar-refractivity contribution is -0.135. The van der Waals surface area contributed by atoms with Crippen molar-refractivity contribution < 1.29 is 28.5 Å². The Balaban J connectivity index is 1.15. The molecule has 0 atom stereocenters. The van der Waals surface area contributed by atoms with Crippen LogP contribution >= 0.6 is 0 Å². The van der Waals surface area contributed by atoms with Crippen LogP contribution in [0.3, 0.4) is 0 Å². The largest absolute Gasteiger partial charge is 0.497 e. The standard InChI is InChI=1S/C23H27N3O6/c1-29-18-3-2-4-19(14-18)30-15-22(27)26-11-9-25(10-12-26)8-7-24-23(28)17-5-6-20-21(13-17)32-16-31-20/h2-6,13-14H,7-12,15-16H2,1H3,(H,24,28). The monoisotopic (exact) mass is 441 g/mol. The molecule has 9 heteroatoms. The van der Waals surface area contributed by atoms with Crippen molar-refractivity contribution in [1.82, 2.24) is 15.1 Å². The normalized spacial score (nSPS) is 15.3. The van der Waals surface area contributed by atoms with Crippen molar-refractivity contribution >= 4 is 11.8 Å². The molecule has 0 bridgehead atoms.